The number of nitrogens with zero attached hydrogens (tertiary/aromatic N) is 3. The van der Waals surface area contributed by atoms with Gasteiger partial charge in [-0.1, -0.05) is 13.3 Å². The van der Waals surface area contributed by atoms with Gasteiger partial charge in [-0.3, -0.25) is 9.59 Å². The number of hydrogen-bond donors (Lipinski definition) is 2. The van der Waals surface area contributed by atoms with E-state index in [9.17, 15) is 14.0 Å². The molecule has 0 saturated heterocycles. The molecule has 1 fully saturated rings. The highest BCUT2D eigenvalue weighted by Crippen LogP contribution is 2.38. The number of benzene rings is 1. The molecule has 1 aliphatic carbocycles. The Morgan fingerprint density at radius 3 is 2.86 bits per heavy atom. The number of anilines is 1. The van der Waals surface area contributed by atoms with Crippen LogP contribution >= 0.6 is 0 Å². The summed E-state index contributed by atoms with van der Waals surface area (Å²) >= 11 is 0. The van der Waals surface area contributed by atoms with Crippen molar-refractivity contribution >= 4 is 17.5 Å². The first-order valence-corrected chi connectivity index (χ1v) is 10.3. The van der Waals surface area contributed by atoms with E-state index in [1.54, 1.807) is 0 Å². The molecule has 154 valence electrons. The Morgan fingerprint density at radius 2 is 2.07 bits per heavy atom. The highest BCUT2D eigenvalue weighted by atomic mass is 19.1. The topological polar surface area (TPSA) is 88.9 Å². The van der Waals surface area contributed by atoms with E-state index in [1.165, 1.54) is 18.6 Å². The first-order valence-electron chi connectivity index (χ1n) is 10.3. The van der Waals surface area contributed by atoms with Gasteiger partial charge in [0.2, 0.25) is 5.91 Å². The fraction of sp³-hybridized carbons (Fsp3) is 0.524. The molecule has 0 spiro atoms. The lowest BCUT2D eigenvalue weighted by molar-refractivity contribution is -0.117. The van der Waals surface area contributed by atoms with E-state index < -0.39 is 11.7 Å². The Bertz CT molecular complexity index is 926. The summed E-state index contributed by atoms with van der Waals surface area (Å²) in [6.45, 7) is 3.28. The fourth-order valence-corrected chi connectivity index (χ4v) is 3.84. The van der Waals surface area contributed by atoms with Gasteiger partial charge in [-0.05, 0) is 43.4 Å². The predicted molar refractivity (Wildman–Crippen MR) is 106 cm³/mol. The number of rotatable bonds is 6. The maximum Gasteiger partial charge on any atom is 0.253 e. The highest BCUT2D eigenvalue weighted by molar-refractivity contribution is 6.04. The highest BCUT2D eigenvalue weighted by Gasteiger charge is 2.39. The molecule has 2 amide bonds. The maximum absolute atomic E-state index is 13.7. The van der Waals surface area contributed by atoms with Crippen LogP contribution in [-0.4, -0.2) is 33.1 Å². The van der Waals surface area contributed by atoms with E-state index in [-0.39, 0.29) is 17.4 Å². The second-order valence-electron chi connectivity index (χ2n) is 8.00. The minimum Gasteiger partial charge on any atom is -0.352 e. The molecular weight excluding hydrogens is 373 g/mol. The number of carbonyl (C=O) groups excluding carboxylic acids is 2. The smallest absolute Gasteiger partial charge is 0.253 e. The van der Waals surface area contributed by atoms with Crippen molar-refractivity contribution in [2.24, 2.45) is 11.8 Å². The molecule has 1 aliphatic heterocycles. The molecule has 29 heavy (non-hydrogen) atoms. The number of aryl methyl sites for hydroxylation is 1. The summed E-state index contributed by atoms with van der Waals surface area (Å²) in [7, 11) is 0. The molecule has 4 rings (SSSR count). The zero-order chi connectivity index (χ0) is 20.4. The summed E-state index contributed by atoms with van der Waals surface area (Å²) in [6.07, 6.45) is 5.75. The van der Waals surface area contributed by atoms with Gasteiger partial charge in [0.1, 0.15) is 17.5 Å². The van der Waals surface area contributed by atoms with Gasteiger partial charge in [0.25, 0.3) is 5.91 Å². The van der Waals surface area contributed by atoms with Crippen LogP contribution in [-0.2, 0) is 24.2 Å². The number of amides is 2. The summed E-state index contributed by atoms with van der Waals surface area (Å²) in [4.78, 5) is 24.9. The van der Waals surface area contributed by atoms with Gasteiger partial charge in [-0.2, -0.15) is 0 Å². The van der Waals surface area contributed by atoms with E-state index in [2.05, 4.69) is 25.4 Å². The van der Waals surface area contributed by atoms with Crippen molar-refractivity contribution in [3.63, 3.8) is 0 Å². The van der Waals surface area contributed by atoms with Crippen molar-refractivity contribution in [2.75, 3.05) is 11.9 Å². The molecule has 7 nitrogen and oxygen atoms in total. The second-order valence-corrected chi connectivity index (χ2v) is 8.00. The predicted octanol–water partition coefficient (Wildman–Crippen LogP) is 2.71. The zero-order valence-electron chi connectivity index (χ0n) is 16.6. The lowest BCUT2D eigenvalue weighted by Crippen LogP contribution is -2.28. The van der Waals surface area contributed by atoms with Gasteiger partial charge in [-0.15, -0.1) is 10.2 Å². The average Bonchev–Trinajstić information content (AvgIpc) is 3.39. The molecule has 2 aromatic rings. The molecule has 2 heterocycles. The molecule has 2 atom stereocenters. The lowest BCUT2D eigenvalue weighted by atomic mass is 10.1. The van der Waals surface area contributed by atoms with E-state index >= 15 is 0 Å². The number of hydrogen-bond acceptors (Lipinski definition) is 4. The molecule has 8 heteroatoms. The molecule has 0 bridgehead atoms. The van der Waals surface area contributed by atoms with Gasteiger partial charge in [0.15, 0.2) is 0 Å². The van der Waals surface area contributed by atoms with Gasteiger partial charge in [0, 0.05) is 31.8 Å². The third-order valence-corrected chi connectivity index (χ3v) is 5.75. The third-order valence-electron chi connectivity index (χ3n) is 5.75. The van der Waals surface area contributed by atoms with Crippen molar-refractivity contribution in [3.05, 3.63) is 41.2 Å². The zero-order valence-corrected chi connectivity index (χ0v) is 16.6. The first kappa shape index (κ1) is 19.5. The minimum atomic E-state index is -0.518. The van der Waals surface area contributed by atoms with Crippen molar-refractivity contribution in [1.29, 1.82) is 0 Å². The number of nitrogens with one attached hydrogen (secondary N) is 2. The molecule has 1 aromatic carbocycles. The van der Waals surface area contributed by atoms with Crippen molar-refractivity contribution in [2.45, 2.75) is 52.0 Å². The Labute approximate surface area is 169 Å². The van der Waals surface area contributed by atoms with Gasteiger partial charge in [0.05, 0.1) is 11.3 Å². The van der Waals surface area contributed by atoms with Crippen LogP contribution in [0.5, 0.6) is 0 Å². The van der Waals surface area contributed by atoms with Crippen molar-refractivity contribution < 1.29 is 14.0 Å². The quantitative estimate of drug-likeness (QED) is 0.782. The minimum absolute atomic E-state index is 0.0286. The van der Waals surface area contributed by atoms with Crippen molar-refractivity contribution in [1.82, 2.24) is 20.1 Å². The van der Waals surface area contributed by atoms with Crippen molar-refractivity contribution in [3.8, 4) is 0 Å². The van der Waals surface area contributed by atoms with E-state index in [0.29, 0.717) is 24.6 Å². The standard InChI is InChI=1S/C21H26FN5O2/c1-13-11-15(13)21(29)24-17-7-6-14(22)12-16(17)20(28)23-9-8-19-26-25-18-5-3-2-4-10-27(18)19/h6-7,12-13,15H,2-5,8-11H2,1H3,(H,23,28)(H,24,29). The monoisotopic (exact) mass is 399 g/mol. The number of halogens is 1. The van der Waals surface area contributed by atoms with Crippen LogP contribution in [0.1, 0.15) is 54.6 Å². The number of carbonyl (C=O) groups is 2. The first-order chi connectivity index (χ1) is 14.0. The average molecular weight is 399 g/mol. The summed E-state index contributed by atoms with van der Waals surface area (Å²) in [6, 6.07) is 3.84. The van der Waals surface area contributed by atoms with E-state index in [0.717, 1.165) is 49.9 Å². The van der Waals surface area contributed by atoms with Crippen LogP contribution in [0.2, 0.25) is 0 Å². The number of fused-ring (bicyclic) bond motifs is 1. The van der Waals surface area contributed by atoms with E-state index in [1.807, 2.05) is 6.92 Å². The van der Waals surface area contributed by atoms with Gasteiger partial charge in [-0.25, -0.2) is 4.39 Å². The Morgan fingerprint density at radius 1 is 1.24 bits per heavy atom. The fourth-order valence-electron chi connectivity index (χ4n) is 3.84. The van der Waals surface area contributed by atoms with Crippen LogP contribution in [0.4, 0.5) is 10.1 Å². The molecule has 1 aromatic heterocycles. The van der Waals surface area contributed by atoms with Crippen LogP contribution in [0.25, 0.3) is 0 Å². The molecule has 0 radical (unpaired) electrons. The Balaban J connectivity index is 1.39. The Hall–Kier alpha value is -2.77. The molecule has 2 aliphatic rings. The largest absolute Gasteiger partial charge is 0.352 e. The third kappa shape index (κ3) is 4.46. The SMILES string of the molecule is CC1CC1C(=O)Nc1ccc(F)cc1C(=O)NCCc1nnc2n1CCCCC2. The molecular formula is C21H26FN5O2. The second kappa shape index (κ2) is 8.31. The van der Waals surface area contributed by atoms with Crippen LogP contribution in [0.15, 0.2) is 18.2 Å². The van der Waals surface area contributed by atoms with Crippen LogP contribution in [0.3, 0.4) is 0 Å². The Kier molecular flexibility index (Phi) is 5.60. The summed E-state index contributed by atoms with van der Waals surface area (Å²) in [5.41, 5.74) is 0.469. The van der Waals surface area contributed by atoms with E-state index in [4.69, 9.17) is 0 Å². The number of aromatic nitrogens is 3. The maximum atomic E-state index is 13.7. The van der Waals surface area contributed by atoms with Gasteiger partial charge < -0.3 is 15.2 Å². The van der Waals surface area contributed by atoms with Gasteiger partial charge >= 0.3 is 0 Å². The summed E-state index contributed by atoms with van der Waals surface area (Å²) in [5.74, 6) is 1.13. The molecule has 1 saturated carbocycles. The summed E-state index contributed by atoms with van der Waals surface area (Å²) < 4.78 is 15.9. The summed E-state index contributed by atoms with van der Waals surface area (Å²) in [5, 5.41) is 14.1. The van der Waals surface area contributed by atoms with Crippen LogP contribution < -0.4 is 10.6 Å². The van der Waals surface area contributed by atoms with Crippen LogP contribution in [0, 0.1) is 17.7 Å². The molecule has 2 unspecified atom stereocenters. The molecule has 2 N–H and O–H groups in total. The normalized spacial score (nSPS) is 20.5. The lowest BCUT2D eigenvalue weighted by Gasteiger charge is -2.12.